The number of anilines is 2. The quantitative estimate of drug-likeness (QED) is 0.630. The molecule has 136 valence electrons. The maximum Gasteiger partial charge on any atom is 0.223 e. The van der Waals surface area contributed by atoms with Crippen LogP contribution in [0.2, 0.25) is 0 Å². The first-order chi connectivity index (χ1) is 12.4. The molecule has 2 aromatic rings. The maximum atomic E-state index is 12.7. The molecule has 0 saturated heterocycles. The van der Waals surface area contributed by atoms with Gasteiger partial charge in [0, 0.05) is 32.3 Å². The zero-order valence-electron chi connectivity index (χ0n) is 14.6. The summed E-state index contributed by atoms with van der Waals surface area (Å²) in [6.07, 6.45) is 0.232. The third-order valence-corrected chi connectivity index (χ3v) is 4.99. The summed E-state index contributed by atoms with van der Waals surface area (Å²) in [7, 11) is 1.90. The van der Waals surface area contributed by atoms with Crippen LogP contribution in [0.4, 0.5) is 10.9 Å². The number of ketones is 2. The van der Waals surface area contributed by atoms with Crippen LogP contribution in [0.5, 0.6) is 0 Å². The third kappa shape index (κ3) is 3.49. The van der Waals surface area contributed by atoms with Crippen LogP contribution in [0.3, 0.4) is 0 Å². The van der Waals surface area contributed by atoms with Gasteiger partial charge in [0.1, 0.15) is 10.7 Å². The van der Waals surface area contributed by atoms with Crippen molar-refractivity contribution in [2.75, 3.05) is 23.8 Å². The largest absolute Gasteiger partial charge is 0.360 e. The Morgan fingerprint density at radius 1 is 1.42 bits per heavy atom. The van der Waals surface area contributed by atoms with Gasteiger partial charge in [-0.1, -0.05) is 11.3 Å². The Morgan fingerprint density at radius 3 is 2.81 bits per heavy atom. The highest BCUT2D eigenvalue weighted by Crippen LogP contribution is 2.30. The van der Waals surface area contributed by atoms with E-state index in [1.165, 1.54) is 13.1 Å². The molecule has 0 radical (unpaired) electrons. The molecule has 3 heterocycles. The van der Waals surface area contributed by atoms with E-state index < -0.39 is 17.7 Å². The van der Waals surface area contributed by atoms with E-state index in [1.54, 1.807) is 12.1 Å². The van der Waals surface area contributed by atoms with Crippen LogP contribution >= 0.6 is 11.3 Å². The summed E-state index contributed by atoms with van der Waals surface area (Å²) in [5.74, 6) is -0.418. The van der Waals surface area contributed by atoms with Crippen LogP contribution in [0.25, 0.3) is 0 Å². The Labute approximate surface area is 154 Å². The van der Waals surface area contributed by atoms with Gasteiger partial charge in [0.05, 0.1) is 12.3 Å². The highest BCUT2D eigenvalue weighted by atomic mass is 32.1. The SMILES string of the molecule is CCN(C)c1ccc(C(=O)C2OCc3nc(NC(C)=O)sc3C2=O)cn1. The number of nitrogens with one attached hydrogen (secondary N) is 1. The van der Waals surface area contributed by atoms with E-state index in [0.29, 0.717) is 21.3 Å². The highest BCUT2D eigenvalue weighted by Gasteiger charge is 2.37. The molecular weight excluding hydrogens is 356 g/mol. The smallest absolute Gasteiger partial charge is 0.223 e. The van der Waals surface area contributed by atoms with Crippen molar-refractivity contribution in [1.82, 2.24) is 9.97 Å². The van der Waals surface area contributed by atoms with Crippen molar-refractivity contribution >= 4 is 39.8 Å². The van der Waals surface area contributed by atoms with Gasteiger partial charge < -0.3 is 15.0 Å². The molecule has 1 amide bonds. The summed E-state index contributed by atoms with van der Waals surface area (Å²) in [5, 5.41) is 2.86. The molecule has 1 N–H and O–H groups in total. The number of hydrogen-bond donors (Lipinski definition) is 1. The van der Waals surface area contributed by atoms with Crippen molar-refractivity contribution in [3.8, 4) is 0 Å². The van der Waals surface area contributed by atoms with Gasteiger partial charge in [0.2, 0.25) is 17.5 Å². The van der Waals surface area contributed by atoms with Crippen molar-refractivity contribution in [2.24, 2.45) is 0 Å². The number of fused-ring (bicyclic) bond motifs is 1. The molecule has 1 aliphatic heterocycles. The molecule has 1 unspecified atom stereocenters. The monoisotopic (exact) mass is 374 g/mol. The van der Waals surface area contributed by atoms with Gasteiger partial charge in [0.25, 0.3) is 0 Å². The second kappa shape index (κ2) is 7.30. The average Bonchev–Trinajstić information content (AvgIpc) is 3.03. The predicted octanol–water partition coefficient (Wildman–Crippen LogP) is 1.92. The second-order valence-corrected chi connectivity index (χ2v) is 6.81. The Kier molecular flexibility index (Phi) is 5.10. The summed E-state index contributed by atoms with van der Waals surface area (Å²) < 4.78 is 5.44. The first-order valence-corrected chi connectivity index (χ1v) is 8.86. The van der Waals surface area contributed by atoms with Crippen LogP contribution < -0.4 is 10.2 Å². The molecule has 26 heavy (non-hydrogen) atoms. The minimum atomic E-state index is -1.22. The Bertz CT molecular complexity index is 862. The number of pyridine rings is 1. The molecule has 9 heteroatoms. The Balaban J connectivity index is 1.80. The fourth-order valence-corrected chi connectivity index (χ4v) is 3.44. The fraction of sp³-hybridized carbons (Fsp3) is 0.353. The normalized spacial score (nSPS) is 16.1. The van der Waals surface area contributed by atoms with Crippen molar-refractivity contribution in [3.63, 3.8) is 0 Å². The van der Waals surface area contributed by atoms with Gasteiger partial charge in [-0.25, -0.2) is 9.97 Å². The van der Waals surface area contributed by atoms with E-state index in [0.717, 1.165) is 23.7 Å². The molecular formula is C17H18N4O4S. The molecule has 1 aliphatic rings. The summed E-state index contributed by atoms with van der Waals surface area (Å²) in [5.41, 5.74) is 0.748. The van der Waals surface area contributed by atoms with E-state index in [9.17, 15) is 14.4 Å². The number of ether oxygens (including phenoxy) is 1. The van der Waals surface area contributed by atoms with Crippen LogP contribution in [0, 0.1) is 0 Å². The number of carbonyl (C=O) groups is 3. The van der Waals surface area contributed by atoms with Crippen molar-refractivity contribution in [3.05, 3.63) is 34.5 Å². The summed E-state index contributed by atoms with van der Waals surface area (Å²) in [6.45, 7) is 4.18. The van der Waals surface area contributed by atoms with Gasteiger partial charge in [-0.05, 0) is 19.1 Å². The number of amides is 1. The van der Waals surface area contributed by atoms with E-state index >= 15 is 0 Å². The first kappa shape index (κ1) is 18.2. The molecule has 0 spiro atoms. The van der Waals surface area contributed by atoms with Crippen molar-refractivity contribution in [1.29, 1.82) is 0 Å². The first-order valence-electron chi connectivity index (χ1n) is 8.05. The van der Waals surface area contributed by atoms with Crippen molar-refractivity contribution in [2.45, 2.75) is 26.6 Å². The topological polar surface area (TPSA) is 101 Å². The number of thiazole rings is 1. The molecule has 1 atom stereocenters. The van der Waals surface area contributed by atoms with Crippen LogP contribution in [0.1, 0.15) is 39.6 Å². The number of Topliss-reactive ketones (excluding diaryl/α,β-unsaturated/α-hetero) is 2. The highest BCUT2D eigenvalue weighted by molar-refractivity contribution is 7.17. The van der Waals surface area contributed by atoms with Crippen LogP contribution in [-0.2, 0) is 16.1 Å². The maximum absolute atomic E-state index is 12.7. The van der Waals surface area contributed by atoms with Crippen LogP contribution in [0.15, 0.2) is 18.3 Å². The lowest BCUT2D eigenvalue weighted by atomic mass is 10.0. The van der Waals surface area contributed by atoms with Gasteiger partial charge in [0.15, 0.2) is 11.2 Å². The second-order valence-electron chi connectivity index (χ2n) is 5.81. The molecule has 2 aromatic heterocycles. The molecule has 0 saturated carbocycles. The summed E-state index contributed by atoms with van der Waals surface area (Å²) >= 11 is 1.05. The predicted molar refractivity (Wildman–Crippen MR) is 96.8 cm³/mol. The van der Waals surface area contributed by atoms with Gasteiger partial charge in [-0.3, -0.25) is 14.4 Å². The van der Waals surface area contributed by atoms with Gasteiger partial charge in [-0.15, -0.1) is 0 Å². The zero-order chi connectivity index (χ0) is 18.8. The molecule has 8 nitrogen and oxygen atoms in total. The number of carbonyl (C=O) groups excluding carboxylic acids is 3. The average molecular weight is 374 g/mol. The summed E-state index contributed by atoms with van der Waals surface area (Å²) in [6, 6.07) is 3.37. The van der Waals surface area contributed by atoms with Crippen LogP contribution in [-0.4, -0.2) is 47.1 Å². The van der Waals surface area contributed by atoms with Gasteiger partial charge >= 0.3 is 0 Å². The number of nitrogens with zero attached hydrogens (tertiary/aromatic N) is 3. The molecule has 0 fully saturated rings. The Morgan fingerprint density at radius 2 is 2.19 bits per heavy atom. The standard InChI is InChI=1S/C17H18N4O4S/c1-4-21(3)12-6-5-10(7-18-12)13(23)15-14(24)16-11(8-25-15)20-17(26-16)19-9(2)22/h5-7,15H,4,8H2,1-3H3,(H,19,20,22). The minimum absolute atomic E-state index is 0.0393. The zero-order valence-corrected chi connectivity index (χ0v) is 15.4. The summed E-state index contributed by atoms with van der Waals surface area (Å²) in [4.78, 5) is 47.1. The lowest BCUT2D eigenvalue weighted by Crippen LogP contribution is -2.36. The Hall–Kier alpha value is -2.65. The number of hydrogen-bond acceptors (Lipinski definition) is 8. The lowest BCUT2D eigenvalue weighted by molar-refractivity contribution is -0.114. The van der Waals surface area contributed by atoms with Crippen molar-refractivity contribution < 1.29 is 19.1 Å². The van der Waals surface area contributed by atoms with Gasteiger partial charge in [-0.2, -0.15) is 0 Å². The molecule has 0 aromatic carbocycles. The minimum Gasteiger partial charge on any atom is -0.360 e. The molecule has 3 rings (SSSR count). The van der Waals surface area contributed by atoms with E-state index in [4.69, 9.17) is 4.74 Å². The number of rotatable bonds is 5. The third-order valence-electron chi connectivity index (χ3n) is 3.96. The van der Waals surface area contributed by atoms with E-state index in [2.05, 4.69) is 15.3 Å². The molecule has 0 aliphatic carbocycles. The fourth-order valence-electron chi connectivity index (χ4n) is 2.47. The molecule has 0 bridgehead atoms. The lowest BCUT2D eigenvalue weighted by Gasteiger charge is -2.20. The van der Waals surface area contributed by atoms with E-state index in [-0.39, 0.29) is 12.5 Å². The number of aromatic nitrogens is 2. The van der Waals surface area contributed by atoms with E-state index in [1.807, 2.05) is 18.9 Å².